The zero-order chi connectivity index (χ0) is 18.9. The van der Waals surface area contributed by atoms with Crippen molar-refractivity contribution in [1.82, 2.24) is 29.6 Å². The van der Waals surface area contributed by atoms with Crippen LogP contribution in [0.1, 0.15) is 28.3 Å². The summed E-state index contributed by atoms with van der Waals surface area (Å²) in [7, 11) is -3.68. The molecule has 140 valence electrons. The maximum atomic E-state index is 12.9. The van der Waals surface area contributed by atoms with Crippen LogP contribution in [0.5, 0.6) is 0 Å². The van der Waals surface area contributed by atoms with E-state index in [1.54, 1.807) is 18.7 Å². The standard InChI is InChI=1S/C15H20N6O4S/c1-10-14(11(2)17-16-10)26(24,25)21-7-3-6-20(8-9-21)15(23)12-4-5-13(22)19-18-12/h4-5H,3,6-9H2,1-2H3,(H,16,17)(H,19,22). The Hall–Kier alpha value is -2.53. The van der Waals surface area contributed by atoms with E-state index >= 15 is 0 Å². The molecule has 0 radical (unpaired) electrons. The molecule has 0 saturated carbocycles. The third-order valence-corrected chi connectivity index (χ3v) is 6.46. The number of aromatic nitrogens is 4. The quantitative estimate of drug-likeness (QED) is 0.748. The Morgan fingerprint density at radius 1 is 1.08 bits per heavy atom. The van der Waals surface area contributed by atoms with Gasteiger partial charge in [-0.15, -0.1) is 0 Å². The number of sulfonamides is 1. The Morgan fingerprint density at radius 2 is 1.85 bits per heavy atom. The topological polar surface area (TPSA) is 132 Å². The largest absolute Gasteiger partial charge is 0.336 e. The zero-order valence-electron chi connectivity index (χ0n) is 14.5. The Kier molecular flexibility index (Phi) is 4.92. The molecule has 3 rings (SSSR count). The van der Waals surface area contributed by atoms with Gasteiger partial charge in [0.25, 0.3) is 11.5 Å². The van der Waals surface area contributed by atoms with E-state index in [-0.39, 0.29) is 35.1 Å². The summed E-state index contributed by atoms with van der Waals surface area (Å²) in [5.41, 5.74) is 0.664. The van der Waals surface area contributed by atoms with Crippen molar-refractivity contribution in [3.63, 3.8) is 0 Å². The molecular formula is C15H20N6O4S. The average Bonchev–Trinajstić information content (AvgIpc) is 2.81. The van der Waals surface area contributed by atoms with Crippen LogP contribution in [0.2, 0.25) is 0 Å². The van der Waals surface area contributed by atoms with Gasteiger partial charge in [0.05, 0.1) is 11.4 Å². The minimum atomic E-state index is -3.68. The summed E-state index contributed by atoms with van der Waals surface area (Å²) in [5, 5.41) is 12.6. The molecule has 10 nitrogen and oxygen atoms in total. The van der Waals surface area contributed by atoms with Crippen molar-refractivity contribution >= 4 is 15.9 Å². The lowest BCUT2D eigenvalue weighted by Crippen LogP contribution is -2.38. The number of hydrogen-bond donors (Lipinski definition) is 2. The fourth-order valence-electron chi connectivity index (χ4n) is 3.01. The van der Waals surface area contributed by atoms with Crippen LogP contribution >= 0.6 is 0 Å². The van der Waals surface area contributed by atoms with Gasteiger partial charge in [-0.1, -0.05) is 0 Å². The summed E-state index contributed by atoms with van der Waals surface area (Å²) in [6, 6.07) is 2.60. The normalized spacial score (nSPS) is 16.5. The lowest BCUT2D eigenvalue weighted by molar-refractivity contribution is 0.0757. The molecule has 1 aliphatic heterocycles. The Labute approximate surface area is 150 Å². The smallest absolute Gasteiger partial charge is 0.274 e. The predicted molar refractivity (Wildman–Crippen MR) is 92.2 cm³/mol. The van der Waals surface area contributed by atoms with Gasteiger partial charge in [0, 0.05) is 32.2 Å². The molecule has 0 unspecified atom stereocenters. The number of carbonyl (C=O) groups excluding carboxylic acids is 1. The van der Waals surface area contributed by atoms with Gasteiger partial charge in [-0.3, -0.25) is 14.7 Å². The first kappa shape index (κ1) is 18.3. The van der Waals surface area contributed by atoms with Crippen LogP contribution in [0.15, 0.2) is 21.8 Å². The maximum absolute atomic E-state index is 12.9. The van der Waals surface area contributed by atoms with Crippen molar-refractivity contribution in [3.8, 4) is 0 Å². The van der Waals surface area contributed by atoms with Gasteiger partial charge in [-0.05, 0) is 26.3 Å². The number of rotatable bonds is 3. The van der Waals surface area contributed by atoms with E-state index in [2.05, 4.69) is 20.4 Å². The first-order valence-electron chi connectivity index (χ1n) is 8.17. The molecule has 0 aliphatic carbocycles. The zero-order valence-corrected chi connectivity index (χ0v) is 15.3. The number of aryl methyl sites for hydroxylation is 2. The minimum absolute atomic E-state index is 0.127. The van der Waals surface area contributed by atoms with Crippen molar-refractivity contribution in [2.75, 3.05) is 26.2 Å². The lowest BCUT2D eigenvalue weighted by Gasteiger charge is -2.21. The SMILES string of the molecule is Cc1n[nH]c(C)c1S(=O)(=O)N1CCCN(C(=O)c2ccc(=O)[nH]n2)CC1. The van der Waals surface area contributed by atoms with Gasteiger partial charge in [0.15, 0.2) is 0 Å². The first-order valence-corrected chi connectivity index (χ1v) is 9.61. The van der Waals surface area contributed by atoms with Crippen molar-refractivity contribution in [3.05, 3.63) is 39.6 Å². The molecule has 2 aromatic rings. The molecule has 0 atom stereocenters. The van der Waals surface area contributed by atoms with E-state index in [9.17, 15) is 18.0 Å². The molecule has 1 amide bonds. The fourth-order valence-corrected chi connectivity index (χ4v) is 4.81. The van der Waals surface area contributed by atoms with E-state index in [4.69, 9.17) is 0 Å². The van der Waals surface area contributed by atoms with E-state index in [0.717, 1.165) is 0 Å². The molecule has 0 aromatic carbocycles. The Bertz CT molecular complexity index is 940. The van der Waals surface area contributed by atoms with E-state index in [1.807, 2.05) is 0 Å². The average molecular weight is 380 g/mol. The molecule has 3 heterocycles. The molecule has 2 N–H and O–H groups in total. The minimum Gasteiger partial charge on any atom is -0.336 e. The molecule has 1 fully saturated rings. The van der Waals surface area contributed by atoms with Crippen LogP contribution in [0.25, 0.3) is 0 Å². The van der Waals surface area contributed by atoms with Gasteiger partial charge >= 0.3 is 0 Å². The van der Waals surface area contributed by atoms with E-state index in [0.29, 0.717) is 30.9 Å². The molecule has 26 heavy (non-hydrogen) atoms. The van der Waals surface area contributed by atoms with Gasteiger partial charge in [-0.2, -0.15) is 14.5 Å². The second-order valence-corrected chi connectivity index (χ2v) is 7.99. The van der Waals surface area contributed by atoms with E-state index < -0.39 is 10.0 Å². The number of H-pyrrole nitrogens is 2. The number of aromatic amines is 2. The highest BCUT2D eigenvalue weighted by molar-refractivity contribution is 7.89. The third-order valence-electron chi connectivity index (χ3n) is 4.30. The summed E-state index contributed by atoms with van der Waals surface area (Å²) in [6.07, 6.45) is 0.504. The molecule has 2 aromatic heterocycles. The predicted octanol–water partition coefficient (Wildman–Crippen LogP) is -0.353. The van der Waals surface area contributed by atoms with Crippen molar-refractivity contribution in [2.24, 2.45) is 0 Å². The maximum Gasteiger partial charge on any atom is 0.274 e. The highest BCUT2D eigenvalue weighted by Gasteiger charge is 2.32. The molecule has 11 heteroatoms. The summed E-state index contributed by atoms with van der Waals surface area (Å²) < 4.78 is 27.3. The van der Waals surface area contributed by atoms with Crippen LogP contribution in [-0.2, 0) is 10.0 Å². The lowest BCUT2D eigenvalue weighted by atomic mass is 10.3. The van der Waals surface area contributed by atoms with Gasteiger partial charge in [0.2, 0.25) is 10.0 Å². The van der Waals surface area contributed by atoms with Crippen LogP contribution in [-0.4, -0.2) is 70.1 Å². The van der Waals surface area contributed by atoms with Crippen LogP contribution in [0.4, 0.5) is 0 Å². The molecule has 1 aliphatic rings. The Morgan fingerprint density at radius 3 is 2.46 bits per heavy atom. The van der Waals surface area contributed by atoms with Crippen LogP contribution < -0.4 is 5.56 Å². The van der Waals surface area contributed by atoms with Crippen molar-refractivity contribution in [2.45, 2.75) is 25.2 Å². The van der Waals surface area contributed by atoms with Crippen molar-refractivity contribution < 1.29 is 13.2 Å². The summed E-state index contributed by atoms with van der Waals surface area (Å²) in [4.78, 5) is 25.3. The molecule has 0 spiro atoms. The van der Waals surface area contributed by atoms with E-state index in [1.165, 1.54) is 16.4 Å². The molecule has 0 bridgehead atoms. The van der Waals surface area contributed by atoms with Crippen LogP contribution in [0.3, 0.4) is 0 Å². The number of nitrogens with one attached hydrogen (secondary N) is 2. The van der Waals surface area contributed by atoms with Crippen molar-refractivity contribution in [1.29, 1.82) is 0 Å². The number of nitrogens with zero attached hydrogens (tertiary/aromatic N) is 4. The molecular weight excluding hydrogens is 360 g/mol. The fraction of sp³-hybridized carbons (Fsp3) is 0.467. The third kappa shape index (κ3) is 3.40. The number of hydrogen-bond acceptors (Lipinski definition) is 6. The number of amides is 1. The summed E-state index contributed by atoms with van der Waals surface area (Å²) in [6.45, 7) is 4.47. The summed E-state index contributed by atoms with van der Waals surface area (Å²) in [5.74, 6) is -0.337. The van der Waals surface area contributed by atoms with Gasteiger partial charge in [-0.25, -0.2) is 13.5 Å². The van der Waals surface area contributed by atoms with Gasteiger partial charge in [0.1, 0.15) is 10.6 Å². The van der Waals surface area contributed by atoms with Crippen LogP contribution in [0, 0.1) is 13.8 Å². The first-order chi connectivity index (χ1) is 12.3. The highest BCUT2D eigenvalue weighted by Crippen LogP contribution is 2.23. The second-order valence-electron chi connectivity index (χ2n) is 6.12. The summed E-state index contributed by atoms with van der Waals surface area (Å²) >= 11 is 0. The number of carbonyl (C=O) groups is 1. The second kappa shape index (κ2) is 7.00. The van der Waals surface area contributed by atoms with Gasteiger partial charge < -0.3 is 4.90 Å². The molecule has 1 saturated heterocycles. The highest BCUT2D eigenvalue weighted by atomic mass is 32.2. The monoisotopic (exact) mass is 380 g/mol. The Balaban J connectivity index is 1.77.